The summed E-state index contributed by atoms with van der Waals surface area (Å²) in [5, 5.41) is 0. The van der Waals surface area contributed by atoms with E-state index in [9.17, 15) is 4.79 Å². The number of amides is 1. The van der Waals surface area contributed by atoms with E-state index in [1.165, 1.54) is 12.8 Å². The van der Waals surface area contributed by atoms with Crippen molar-refractivity contribution in [2.75, 3.05) is 46.0 Å². The van der Waals surface area contributed by atoms with Crippen LogP contribution < -0.4 is 0 Å². The summed E-state index contributed by atoms with van der Waals surface area (Å²) in [4.78, 5) is 17.1. The molecule has 126 valence electrons. The molecule has 0 unspecified atom stereocenters. The summed E-state index contributed by atoms with van der Waals surface area (Å²) in [5.41, 5.74) is 0. The van der Waals surface area contributed by atoms with Crippen molar-refractivity contribution in [1.82, 2.24) is 9.80 Å². The van der Waals surface area contributed by atoms with Crippen LogP contribution in [0, 0.1) is 5.92 Å². The van der Waals surface area contributed by atoms with Gasteiger partial charge in [-0.1, -0.05) is 6.92 Å². The van der Waals surface area contributed by atoms with Gasteiger partial charge in [-0.3, -0.25) is 9.69 Å². The van der Waals surface area contributed by atoms with Crippen molar-refractivity contribution < 1.29 is 14.3 Å². The number of carbonyl (C=O) groups excluding carboxylic acids is 1. The van der Waals surface area contributed by atoms with Gasteiger partial charge in [0.1, 0.15) is 0 Å². The topological polar surface area (TPSA) is 42.0 Å². The molecule has 3 fully saturated rings. The van der Waals surface area contributed by atoms with Crippen LogP contribution in [0.5, 0.6) is 0 Å². The summed E-state index contributed by atoms with van der Waals surface area (Å²) in [7, 11) is 0. The smallest absolute Gasteiger partial charge is 0.222 e. The largest absolute Gasteiger partial charge is 0.379 e. The van der Waals surface area contributed by atoms with E-state index >= 15 is 0 Å². The van der Waals surface area contributed by atoms with Crippen molar-refractivity contribution in [3.63, 3.8) is 0 Å². The van der Waals surface area contributed by atoms with Crippen molar-refractivity contribution >= 4 is 5.91 Å². The Morgan fingerprint density at radius 2 is 1.95 bits per heavy atom. The zero-order valence-corrected chi connectivity index (χ0v) is 13.8. The van der Waals surface area contributed by atoms with Crippen molar-refractivity contribution in [2.24, 2.45) is 5.92 Å². The van der Waals surface area contributed by atoms with Gasteiger partial charge in [0, 0.05) is 45.2 Å². The second-order valence-corrected chi connectivity index (χ2v) is 7.02. The number of rotatable bonds is 4. The van der Waals surface area contributed by atoms with Gasteiger partial charge < -0.3 is 14.4 Å². The Morgan fingerprint density at radius 3 is 2.68 bits per heavy atom. The lowest BCUT2D eigenvalue weighted by atomic mass is 10.0. The second-order valence-electron chi connectivity index (χ2n) is 7.02. The molecule has 5 heteroatoms. The molecular formula is C17H30N2O3. The van der Waals surface area contributed by atoms with Crippen molar-refractivity contribution in [3.8, 4) is 0 Å². The molecule has 0 saturated carbocycles. The third-order valence-electron chi connectivity index (χ3n) is 5.39. The number of ether oxygens (including phenoxy) is 2. The number of hydrogen-bond donors (Lipinski definition) is 0. The molecule has 3 rings (SSSR count). The zero-order chi connectivity index (χ0) is 15.4. The van der Waals surface area contributed by atoms with Crippen molar-refractivity contribution in [3.05, 3.63) is 0 Å². The zero-order valence-electron chi connectivity index (χ0n) is 13.8. The van der Waals surface area contributed by atoms with Gasteiger partial charge in [-0.15, -0.1) is 0 Å². The molecule has 22 heavy (non-hydrogen) atoms. The molecule has 5 nitrogen and oxygen atoms in total. The molecule has 1 amide bonds. The number of carbonyl (C=O) groups is 1. The fourth-order valence-corrected chi connectivity index (χ4v) is 4.02. The van der Waals surface area contributed by atoms with E-state index in [0.717, 1.165) is 58.8 Å². The highest BCUT2D eigenvalue weighted by molar-refractivity contribution is 5.76. The van der Waals surface area contributed by atoms with E-state index in [1.807, 2.05) is 0 Å². The number of morpholine rings is 1. The first-order valence-electron chi connectivity index (χ1n) is 8.95. The predicted molar refractivity (Wildman–Crippen MR) is 84.7 cm³/mol. The molecule has 0 aromatic rings. The molecule has 3 aliphatic heterocycles. The Morgan fingerprint density at radius 1 is 1.14 bits per heavy atom. The number of hydrogen-bond acceptors (Lipinski definition) is 4. The minimum atomic E-state index is 0.313. The van der Waals surface area contributed by atoms with E-state index in [1.54, 1.807) is 0 Å². The van der Waals surface area contributed by atoms with Crippen LogP contribution in [0.4, 0.5) is 0 Å². The molecule has 3 aliphatic rings. The Balaban J connectivity index is 1.44. The number of nitrogens with zero attached hydrogens (tertiary/aromatic N) is 2. The van der Waals surface area contributed by atoms with Gasteiger partial charge >= 0.3 is 0 Å². The Labute approximate surface area is 133 Å². The SMILES string of the molecule is C[C@@H]1CN(C(=O)CC[C@H]2CCCCO2)C[C@H]1N1CCOCC1. The first-order valence-corrected chi connectivity index (χ1v) is 8.95. The highest BCUT2D eigenvalue weighted by Crippen LogP contribution is 2.24. The van der Waals surface area contributed by atoms with Crippen LogP contribution in [0.15, 0.2) is 0 Å². The third kappa shape index (κ3) is 4.00. The Bertz CT molecular complexity index is 365. The maximum atomic E-state index is 12.5. The van der Waals surface area contributed by atoms with Crippen LogP contribution in [0.3, 0.4) is 0 Å². The first kappa shape index (κ1) is 16.2. The molecule has 0 N–H and O–H groups in total. The average molecular weight is 310 g/mol. The molecule has 0 aromatic heterocycles. The van der Waals surface area contributed by atoms with Crippen LogP contribution in [0.2, 0.25) is 0 Å². The van der Waals surface area contributed by atoms with Crippen LogP contribution in [0.1, 0.15) is 39.0 Å². The highest BCUT2D eigenvalue weighted by atomic mass is 16.5. The summed E-state index contributed by atoms with van der Waals surface area (Å²) in [6.07, 6.45) is 5.40. The van der Waals surface area contributed by atoms with Crippen LogP contribution >= 0.6 is 0 Å². The molecule has 0 aromatic carbocycles. The summed E-state index contributed by atoms with van der Waals surface area (Å²) < 4.78 is 11.2. The van der Waals surface area contributed by atoms with Crippen molar-refractivity contribution in [1.29, 1.82) is 0 Å². The first-order chi connectivity index (χ1) is 10.7. The fraction of sp³-hybridized carbons (Fsp3) is 0.941. The van der Waals surface area contributed by atoms with Crippen LogP contribution in [0.25, 0.3) is 0 Å². The highest BCUT2D eigenvalue weighted by Gasteiger charge is 2.36. The Hall–Kier alpha value is -0.650. The third-order valence-corrected chi connectivity index (χ3v) is 5.39. The van der Waals surface area contributed by atoms with Crippen LogP contribution in [-0.4, -0.2) is 73.9 Å². The van der Waals surface area contributed by atoms with E-state index in [4.69, 9.17) is 9.47 Å². The van der Waals surface area contributed by atoms with Crippen molar-refractivity contribution in [2.45, 2.75) is 51.2 Å². The molecular weight excluding hydrogens is 280 g/mol. The molecule has 3 heterocycles. The molecule has 0 aliphatic carbocycles. The molecule has 3 saturated heterocycles. The van der Waals surface area contributed by atoms with Gasteiger partial charge in [0.05, 0.1) is 19.3 Å². The second kappa shape index (κ2) is 7.75. The Kier molecular flexibility index (Phi) is 5.71. The maximum absolute atomic E-state index is 12.5. The van der Waals surface area contributed by atoms with Gasteiger partial charge in [-0.2, -0.15) is 0 Å². The molecule has 0 spiro atoms. The minimum Gasteiger partial charge on any atom is -0.379 e. The molecule has 0 bridgehead atoms. The fourth-order valence-electron chi connectivity index (χ4n) is 4.02. The van der Waals surface area contributed by atoms with E-state index in [-0.39, 0.29) is 0 Å². The van der Waals surface area contributed by atoms with Crippen LogP contribution in [-0.2, 0) is 14.3 Å². The standard InChI is InChI=1S/C17H30N2O3/c1-14-12-19(13-16(14)18-7-10-21-11-8-18)17(20)6-5-15-4-2-3-9-22-15/h14-16H,2-13H2,1H3/t14-,15-,16-/m1/s1. The summed E-state index contributed by atoms with van der Waals surface area (Å²) in [5.74, 6) is 0.879. The normalized spacial score (nSPS) is 34.0. The van der Waals surface area contributed by atoms with E-state index in [2.05, 4.69) is 16.7 Å². The van der Waals surface area contributed by atoms with Gasteiger partial charge in [-0.25, -0.2) is 0 Å². The lowest BCUT2D eigenvalue weighted by Gasteiger charge is -2.34. The molecule has 3 atom stereocenters. The average Bonchev–Trinajstić information content (AvgIpc) is 2.96. The van der Waals surface area contributed by atoms with Gasteiger partial charge in [-0.05, 0) is 31.6 Å². The van der Waals surface area contributed by atoms with Gasteiger partial charge in [0.15, 0.2) is 0 Å². The quantitative estimate of drug-likeness (QED) is 0.789. The maximum Gasteiger partial charge on any atom is 0.222 e. The predicted octanol–water partition coefficient (Wildman–Crippen LogP) is 1.51. The lowest BCUT2D eigenvalue weighted by molar-refractivity contribution is -0.131. The van der Waals surface area contributed by atoms with Gasteiger partial charge in [0.2, 0.25) is 5.91 Å². The summed E-state index contributed by atoms with van der Waals surface area (Å²) >= 11 is 0. The van der Waals surface area contributed by atoms with E-state index < -0.39 is 0 Å². The monoisotopic (exact) mass is 310 g/mol. The molecule has 0 radical (unpaired) electrons. The summed E-state index contributed by atoms with van der Waals surface area (Å²) in [6.45, 7) is 8.63. The lowest BCUT2D eigenvalue weighted by Crippen LogP contribution is -2.47. The summed E-state index contributed by atoms with van der Waals surface area (Å²) in [6, 6.07) is 0.513. The van der Waals surface area contributed by atoms with E-state index in [0.29, 0.717) is 30.4 Å². The minimum absolute atomic E-state index is 0.313. The number of likely N-dealkylation sites (tertiary alicyclic amines) is 1. The van der Waals surface area contributed by atoms with Gasteiger partial charge in [0.25, 0.3) is 0 Å².